The molecule has 1 rings (SSSR count). The maximum Gasteiger partial charge on any atom is 0.220 e. The first-order chi connectivity index (χ1) is 8.69. The molecule has 3 N–H and O–H groups in total. The highest BCUT2D eigenvalue weighted by molar-refractivity contribution is 5.76. The van der Waals surface area contributed by atoms with Crippen molar-refractivity contribution in [2.75, 3.05) is 20.2 Å². The first-order valence-corrected chi connectivity index (χ1v) is 5.97. The monoisotopic (exact) mass is 254 g/mol. The third-order valence-corrected chi connectivity index (χ3v) is 2.58. The lowest BCUT2D eigenvalue weighted by Crippen LogP contribution is -2.26. The number of rotatable bonds is 7. The van der Waals surface area contributed by atoms with Crippen LogP contribution in [0, 0.1) is 5.82 Å². The lowest BCUT2D eigenvalue weighted by Gasteiger charge is -2.09. The van der Waals surface area contributed by atoms with Crippen LogP contribution in [-0.4, -0.2) is 26.1 Å². The number of hydrogen-bond acceptors (Lipinski definition) is 3. The van der Waals surface area contributed by atoms with Crippen LogP contribution in [0.2, 0.25) is 0 Å². The van der Waals surface area contributed by atoms with E-state index in [9.17, 15) is 9.18 Å². The number of carbonyl (C=O) groups is 1. The molecule has 0 heterocycles. The number of aryl methyl sites for hydroxylation is 1. The second kappa shape index (κ2) is 7.66. The summed E-state index contributed by atoms with van der Waals surface area (Å²) in [6, 6.07) is 4.71. The van der Waals surface area contributed by atoms with E-state index >= 15 is 0 Å². The summed E-state index contributed by atoms with van der Waals surface area (Å²) in [5.41, 5.74) is 6.03. The van der Waals surface area contributed by atoms with Gasteiger partial charge in [0.1, 0.15) is 0 Å². The summed E-state index contributed by atoms with van der Waals surface area (Å²) in [6.45, 7) is 1.13. The van der Waals surface area contributed by atoms with Crippen LogP contribution in [0.3, 0.4) is 0 Å². The van der Waals surface area contributed by atoms with E-state index in [0.29, 0.717) is 31.5 Å². The van der Waals surface area contributed by atoms with Gasteiger partial charge in [0.05, 0.1) is 7.11 Å². The van der Waals surface area contributed by atoms with Crippen LogP contribution in [0.15, 0.2) is 18.2 Å². The van der Waals surface area contributed by atoms with Gasteiger partial charge < -0.3 is 15.8 Å². The lowest BCUT2D eigenvalue weighted by molar-refractivity contribution is -0.121. The van der Waals surface area contributed by atoms with Crippen molar-refractivity contribution >= 4 is 5.91 Å². The van der Waals surface area contributed by atoms with Gasteiger partial charge in [-0.25, -0.2) is 4.39 Å². The van der Waals surface area contributed by atoms with Crippen molar-refractivity contribution in [2.45, 2.75) is 19.3 Å². The van der Waals surface area contributed by atoms with Gasteiger partial charge in [0, 0.05) is 13.0 Å². The van der Waals surface area contributed by atoms with E-state index in [1.807, 2.05) is 0 Å². The molecule has 0 radical (unpaired) electrons. The third kappa shape index (κ3) is 4.33. The van der Waals surface area contributed by atoms with E-state index in [-0.39, 0.29) is 11.7 Å². The van der Waals surface area contributed by atoms with Gasteiger partial charge in [-0.15, -0.1) is 0 Å². The Bertz CT molecular complexity index is 397. The van der Waals surface area contributed by atoms with E-state index in [1.165, 1.54) is 13.2 Å². The highest BCUT2D eigenvalue weighted by Gasteiger charge is 2.10. The molecule has 0 fully saturated rings. The number of ether oxygens (including phenoxy) is 1. The molecule has 18 heavy (non-hydrogen) atoms. The summed E-state index contributed by atoms with van der Waals surface area (Å²) in [4.78, 5) is 11.5. The van der Waals surface area contributed by atoms with Crippen molar-refractivity contribution in [3.8, 4) is 5.75 Å². The van der Waals surface area contributed by atoms with Crippen molar-refractivity contribution in [3.63, 3.8) is 0 Å². The summed E-state index contributed by atoms with van der Waals surface area (Å²) < 4.78 is 18.4. The van der Waals surface area contributed by atoms with Crippen molar-refractivity contribution in [1.29, 1.82) is 0 Å². The number of halogens is 1. The first kappa shape index (κ1) is 14.4. The lowest BCUT2D eigenvalue weighted by atomic mass is 10.1. The Kier molecular flexibility index (Phi) is 6.14. The largest absolute Gasteiger partial charge is 0.493 e. The molecule has 0 bridgehead atoms. The quantitative estimate of drug-likeness (QED) is 0.719. The maximum absolute atomic E-state index is 13.4. The molecule has 0 spiro atoms. The van der Waals surface area contributed by atoms with Crippen LogP contribution in [-0.2, 0) is 11.2 Å². The topological polar surface area (TPSA) is 64.3 Å². The summed E-state index contributed by atoms with van der Waals surface area (Å²) in [7, 11) is 1.42. The van der Waals surface area contributed by atoms with Crippen LogP contribution in [0.1, 0.15) is 18.4 Å². The van der Waals surface area contributed by atoms with Crippen LogP contribution < -0.4 is 15.8 Å². The summed E-state index contributed by atoms with van der Waals surface area (Å²) >= 11 is 0. The molecule has 5 heteroatoms. The number of carbonyl (C=O) groups excluding carboxylic acids is 1. The fraction of sp³-hybridized carbons (Fsp3) is 0.462. The number of nitrogens with one attached hydrogen (secondary N) is 1. The fourth-order valence-corrected chi connectivity index (χ4v) is 1.65. The maximum atomic E-state index is 13.4. The minimum Gasteiger partial charge on any atom is -0.493 e. The summed E-state index contributed by atoms with van der Waals surface area (Å²) in [5, 5.41) is 2.75. The Labute approximate surface area is 106 Å². The molecule has 0 atom stereocenters. The highest BCUT2D eigenvalue weighted by Crippen LogP contribution is 2.23. The van der Waals surface area contributed by atoms with Crippen LogP contribution >= 0.6 is 0 Å². The third-order valence-electron chi connectivity index (χ3n) is 2.58. The van der Waals surface area contributed by atoms with E-state index in [4.69, 9.17) is 10.5 Å². The van der Waals surface area contributed by atoms with Gasteiger partial charge >= 0.3 is 0 Å². The predicted octanol–water partition coefficient (Wildman–Crippen LogP) is 1.23. The van der Waals surface area contributed by atoms with Crippen molar-refractivity contribution < 1.29 is 13.9 Å². The Balaban J connectivity index is 2.48. The number of para-hydroxylation sites is 1. The van der Waals surface area contributed by atoms with Gasteiger partial charge in [0.15, 0.2) is 11.6 Å². The molecule has 1 amide bonds. The fourth-order valence-electron chi connectivity index (χ4n) is 1.65. The molecular weight excluding hydrogens is 235 g/mol. The van der Waals surface area contributed by atoms with E-state index in [0.717, 1.165) is 6.42 Å². The number of hydrogen-bond donors (Lipinski definition) is 2. The zero-order chi connectivity index (χ0) is 13.4. The predicted molar refractivity (Wildman–Crippen MR) is 68.0 cm³/mol. The van der Waals surface area contributed by atoms with Gasteiger partial charge in [0.2, 0.25) is 5.91 Å². The Hall–Kier alpha value is -1.62. The first-order valence-electron chi connectivity index (χ1n) is 5.97. The Morgan fingerprint density at radius 2 is 2.28 bits per heavy atom. The average Bonchev–Trinajstić information content (AvgIpc) is 2.36. The second-order valence-electron chi connectivity index (χ2n) is 3.92. The van der Waals surface area contributed by atoms with Gasteiger partial charge in [-0.1, -0.05) is 12.1 Å². The second-order valence-corrected chi connectivity index (χ2v) is 3.92. The zero-order valence-corrected chi connectivity index (χ0v) is 10.5. The zero-order valence-electron chi connectivity index (χ0n) is 10.5. The standard InChI is InChI=1S/C13H19FN2O2/c1-18-13-10(4-2-5-11(13)14)6-7-12(17)16-9-3-8-15/h2,4-5H,3,6-9,15H2,1H3,(H,16,17). The number of nitrogens with two attached hydrogens (primary N) is 1. The van der Waals surface area contributed by atoms with E-state index < -0.39 is 5.82 Å². The molecular formula is C13H19FN2O2. The van der Waals surface area contributed by atoms with Crippen molar-refractivity contribution in [3.05, 3.63) is 29.6 Å². The Morgan fingerprint density at radius 3 is 2.94 bits per heavy atom. The number of benzene rings is 1. The number of methoxy groups -OCH3 is 1. The van der Waals surface area contributed by atoms with Crippen LogP contribution in [0.5, 0.6) is 5.75 Å². The molecule has 0 saturated carbocycles. The highest BCUT2D eigenvalue weighted by atomic mass is 19.1. The molecule has 0 saturated heterocycles. The van der Waals surface area contributed by atoms with Gasteiger partial charge in [-0.05, 0) is 31.0 Å². The van der Waals surface area contributed by atoms with E-state index in [1.54, 1.807) is 12.1 Å². The Morgan fingerprint density at radius 1 is 1.50 bits per heavy atom. The number of amides is 1. The molecule has 1 aromatic rings. The minimum atomic E-state index is -0.404. The van der Waals surface area contributed by atoms with Gasteiger partial charge in [0.25, 0.3) is 0 Å². The van der Waals surface area contributed by atoms with E-state index in [2.05, 4.69) is 5.32 Å². The molecule has 1 aromatic carbocycles. The molecule has 100 valence electrons. The van der Waals surface area contributed by atoms with Gasteiger partial charge in [-0.2, -0.15) is 0 Å². The molecule has 0 aromatic heterocycles. The molecule has 4 nitrogen and oxygen atoms in total. The molecule has 0 aliphatic carbocycles. The molecule has 0 aliphatic heterocycles. The van der Waals surface area contributed by atoms with Crippen LogP contribution in [0.4, 0.5) is 4.39 Å². The summed E-state index contributed by atoms with van der Waals surface area (Å²) in [6.07, 6.45) is 1.52. The van der Waals surface area contributed by atoms with Crippen LogP contribution in [0.25, 0.3) is 0 Å². The average molecular weight is 254 g/mol. The van der Waals surface area contributed by atoms with Gasteiger partial charge in [-0.3, -0.25) is 4.79 Å². The minimum absolute atomic E-state index is 0.0604. The summed E-state index contributed by atoms with van der Waals surface area (Å²) in [5.74, 6) is -0.249. The molecule has 0 unspecified atom stereocenters. The van der Waals surface area contributed by atoms with Crippen molar-refractivity contribution in [2.24, 2.45) is 5.73 Å². The normalized spacial score (nSPS) is 10.2. The van der Waals surface area contributed by atoms with Crippen molar-refractivity contribution in [1.82, 2.24) is 5.32 Å². The SMILES string of the molecule is COc1c(F)cccc1CCC(=O)NCCCN. The molecule has 0 aliphatic rings. The smallest absolute Gasteiger partial charge is 0.220 e.